The molecule has 0 aliphatic carbocycles. The minimum absolute atomic E-state index is 0.0273. The fourth-order valence-electron chi connectivity index (χ4n) is 2.50. The number of nitrogens with zero attached hydrogens (tertiary/aromatic N) is 1. The molecule has 1 atom stereocenters. The van der Waals surface area contributed by atoms with E-state index in [1.807, 2.05) is 0 Å². The summed E-state index contributed by atoms with van der Waals surface area (Å²) in [6.45, 7) is 3.55. The molecule has 0 spiro atoms. The maximum atomic E-state index is 12.3. The van der Waals surface area contributed by atoms with Gasteiger partial charge in [-0.05, 0) is 44.8 Å². The normalized spacial score (nSPS) is 19.4. The molecule has 1 aliphatic rings. The molecule has 2 N–H and O–H groups in total. The van der Waals surface area contributed by atoms with Gasteiger partial charge in [-0.25, -0.2) is 13.1 Å². The Morgan fingerprint density at radius 2 is 2.24 bits per heavy atom. The lowest BCUT2D eigenvalue weighted by atomic mass is 10.0. The number of piperidine rings is 1. The van der Waals surface area contributed by atoms with E-state index >= 15 is 0 Å². The number of nitro benzene ring substituents is 1. The van der Waals surface area contributed by atoms with Gasteiger partial charge in [-0.15, -0.1) is 0 Å². The first-order valence-electron chi connectivity index (χ1n) is 6.86. The smallest absolute Gasteiger partial charge is 0.273 e. The number of sulfonamides is 1. The van der Waals surface area contributed by atoms with Crippen LogP contribution < -0.4 is 10.0 Å². The van der Waals surface area contributed by atoms with E-state index < -0.39 is 14.9 Å². The van der Waals surface area contributed by atoms with E-state index in [1.54, 1.807) is 0 Å². The van der Waals surface area contributed by atoms with Gasteiger partial charge in [-0.3, -0.25) is 10.1 Å². The second kappa shape index (κ2) is 6.50. The Balaban J connectivity index is 2.15. The van der Waals surface area contributed by atoms with Crippen molar-refractivity contribution in [1.29, 1.82) is 0 Å². The summed E-state index contributed by atoms with van der Waals surface area (Å²) < 4.78 is 27.2. The van der Waals surface area contributed by atoms with E-state index in [0.717, 1.165) is 25.9 Å². The second-order valence-corrected chi connectivity index (χ2v) is 6.96. The number of nitro groups is 1. The lowest BCUT2D eigenvalue weighted by molar-refractivity contribution is -0.385. The summed E-state index contributed by atoms with van der Waals surface area (Å²) in [5.41, 5.74) is -0.0195. The van der Waals surface area contributed by atoms with Gasteiger partial charge < -0.3 is 5.32 Å². The topological polar surface area (TPSA) is 101 Å². The molecule has 7 nitrogen and oxygen atoms in total. The van der Waals surface area contributed by atoms with Crippen LogP contribution in [-0.4, -0.2) is 33.0 Å². The maximum Gasteiger partial charge on any atom is 0.273 e. The summed E-state index contributed by atoms with van der Waals surface area (Å²) in [4.78, 5) is 10.3. The predicted octanol–water partition coefficient (Wildman–Crippen LogP) is 1.18. The van der Waals surface area contributed by atoms with Crippen molar-refractivity contribution >= 4 is 15.7 Å². The molecule has 1 aromatic rings. The highest BCUT2D eigenvalue weighted by molar-refractivity contribution is 7.89. The van der Waals surface area contributed by atoms with Gasteiger partial charge in [0.25, 0.3) is 5.69 Å². The molecule has 21 heavy (non-hydrogen) atoms. The minimum Gasteiger partial charge on any atom is -0.316 e. The number of rotatable bonds is 5. The van der Waals surface area contributed by atoms with Crippen molar-refractivity contribution < 1.29 is 13.3 Å². The van der Waals surface area contributed by atoms with Crippen LogP contribution in [0.1, 0.15) is 18.4 Å². The van der Waals surface area contributed by atoms with Gasteiger partial charge in [0.15, 0.2) is 0 Å². The van der Waals surface area contributed by atoms with Crippen molar-refractivity contribution in [2.24, 2.45) is 5.92 Å². The Morgan fingerprint density at radius 3 is 2.86 bits per heavy atom. The second-order valence-electron chi connectivity index (χ2n) is 5.22. The summed E-state index contributed by atoms with van der Waals surface area (Å²) in [5, 5.41) is 14.1. The molecular formula is C13H19N3O4S. The van der Waals surface area contributed by atoms with Crippen LogP contribution in [0.5, 0.6) is 0 Å². The Morgan fingerprint density at radius 1 is 1.48 bits per heavy atom. The molecule has 1 saturated heterocycles. The summed E-state index contributed by atoms with van der Waals surface area (Å²) in [6.07, 6.45) is 2.01. The van der Waals surface area contributed by atoms with E-state index in [4.69, 9.17) is 0 Å². The van der Waals surface area contributed by atoms with Gasteiger partial charge >= 0.3 is 0 Å². The first kappa shape index (κ1) is 15.9. The third-order valence-electron chi connectivity index (χ3n) is 3.70. The average Bonchev–Trinajstić information content (AvgIpc) is 2.46. The summed E-state index contributed by atoms with van der Waals surface area (Å²) in [5.74, 6) is 0.257. The van der Waals surface area contributed by atoms with Crippen LogP contribution in [0.25, 0.3) is 0 Å². The minimum atomic E-state index is -3.73. The molecular weight excluding hydrogens is 294 g/mol. The van der Waals surface area contributed by atoms with Crippen molar-refractivity contribution in [1.82, 2.24) is 10.0 Å². The Bertz CT molecular complexity index is 624. The fraction of sp³-hybridized carbons (Fsp3) is 0.538. The zero-order valence-corrected chi connectivity index (χ0v) is 12.6. The van der Waals surface area contributed by atoms with Crippen LogP contribution in [0.2, 0.25) is 0 Å². The number of benzene rings is 1. The molecule has 1 unspecified atom stereocenters. The molecule has 1 heterocycles. The Labute approximate surface area is 123 Å². The number of hydrogen-bond acceptors (Lipinski definition) is 5. The van der Waals surface area contributed by atoms with Crippen LogP contribution in [0.15, 0.2) is 23.1 Å². The predicted molar refractivity (Wildman–Crippen MR) is 78.6 cm³/mol. The zero-order valence-electron chi connectivity index (χ0n) is 11.8. The van der Waals surface area contributed by atoms with E-state index in [2.05, 4.69) is 10.0 Å². The molecule has 1 aromatic carbocycles. The van der Waals surface area contributed by atoms with E-state index in [1.165, 1.54) is 25.1 Å². The van der Waals surface area contributed by atoms with Crippen LogP contribution in [0, 0.1) is 23.0 Å². The average molecular weight is 313 g/mol. The molecule has 1 fully saturated rings. The summed E-state index contributed by atoms with van der Waals surface area (Å²) >= 11 is 0. The molecule has 116 valence electrons. The van der Waals surface area contributed by atoms with Crippen molar-refractivity contribution in [2.45, 2.75) is 24.7 Å². The van der Waals surface area contributed by atoms with Crippen LogP contribution in [0.3, 0.4) is 0 Å². The highest BCUT2D eigenvalue weighted by Gasteiger charge is 2.24. The molecule has 0 radical (unpaired) electrons. The standard InChI is InChI=1S/C13H19N3O4S/c1-10-12(16(17)18)5-2-6-13(10)21(19,20)15-9-11-4-3-7-14-8-11/h2,5-6,11,14-15H,3-4,7-9H2,1H3. The van der Waals surface area contributed by atoms with Crippen LogP contribution >= 0.6 is 0 Å². The van der Waals surface area contributed by atoms with Gasteiger partial charge in [0.1, 0.15) is 0 Å². The van der Waals surface area contributed by atoms with E-state index in [9.17, 15) is 18.5 Å². The highest BCUT2D eigenvalue weighted by atomic mass is 32.2. The third-order valence-corrected chi connectivity index (χ3v) is 5.27. The largest absolute Gasteiger partial charge is 0.316 e. The maximum absolute atomic E-state index is 12.3. The van der Waals surface area contributed by atoms with Crippen molar-refractivity contribution in [3.63, 3.8) is 0 Å². The molecule has 0 saturated carbocycles. The van der Waals surface area contributed by atoms with Gasteiger partial charge in [-0.1, -0.05) is 6.07 Å². The Hall–Kier alpha value is -1.51. The first-order chi connectivity index (χ1) is 9.92. The summed E-state index contributed by atoms with van der Waals surface area (Å²) in [7, 11) is -3.73. The number of hydrogen-bond donors (Lipinski definition) is 2. The van der Waals surface area contributed by atoms with E-state index in [0.29, 0.717) is 6.54 Å². The lowest BCUT2D eigenvalue weighted by Crippen LogP contribution is -2.38. The van der Waals surface area contributed by atoms with Crippen LogP contribution in [0.4, 0.5) is 5.69 Å². The first-order valence-corrected chi connectivity index (χ1v) is 8.34. The number of nitrogens with one attached hydrogen (secondary N) is 2. The SMILES string of the molecule is Cc1c([N+](=O)[O-])cccc1S(=O)(=O)NCC1CCCNC1. The quantitative estimate of drug-likeness (QED) is 0.628. The van der Waals surface area contributed by atoms with Crippen molar-refractivity contribution in [3.05, 3.63) is 33.9 Å². The monoisotopic (exact) mass is 313 g/mol. The lowest BCUT2D eigenvalue weighted by Gasteiger charge is -2.23. The van der Waals surface area contributed by atoms with Gasteiger partial charge in [0, 0.05) is 18.2 Å². The van der Waals surface area contributed by atoms with Crippen molar-refractivity contribution in [3.8, 4) is 0 Å². The van der Waals surface area contributed by atoms with Crippen LogP contribution in [-0.2, 0) is 10.0 Å². The molecule has 8 heteroatoms. The Kier molecular flexibility index (Phi) is 4.92. The highest BCUT2D eigenvalue weighted by Crippen LogP contribution is 2.24. The molecule has 2 rings (SSSR count). The fourth-order valence-corrected chi connectivity index (χ4v) is 3.87. The van der Waals surface area contributed by atoms with E-state index in [-0.39, 0.29) is 22.1 Å². The van der Waals surface area contributed by atoms with Gasteiger partial charge in [-0.2, -0.15) is 0 Å². The van der Waals surface area contributed by atoms with Gasteiger partial charge in [0.05, 0.1) is 9.82 Å². The van der Waals surface area contributed by atoms with Gasteiger partial charge in [0.2, 0.25) is 10.0 Å². The zero-order chi connectivity index (χ0) is 15.5. The molecule has 0 aromatic heterocycles. The molecule has 1 aliphatic heterocycles. The summed E-state index contributed by atoms with van der Waals surface area (Å²) in [6, 6.07) is 4.09. The molecule has 0 amide bonds. The third kappa shape index (κ3) is 3.78. The van der Waals surface area contributed by atoms with Crippen molar-refractivity contribution in [2.75, 3.05) is 19.6 Å². The molecule has 0 bridgehead atoms.